The molecule has 3 heterocycles. The number of allylic oxidation sites excluding steroid dienone is 1. The first kappa shape index (κ1) is 21.2. The van der Waals surface area contributed by atoms with Crippen molar-refractivity contribution in [2.75, 3.05) is 0 Å². The van der Waals surface area contributed by atoms with Gasteiger partial charge in [0.2, 0.25) is 0 Å². The topological polar surface area (TPSA) is 65.7 Å². The van der Waals surface area contributed by atoms with Gasteiger partial charge in [-0.15, -0.1) is 0 Å². The van der Waals surface area contributed by atoms with Crippen LogP contribution in [0, 0.1) is 5.92 Å². The maximum atomic E-state index is 12.9. The van der Waals surface area contributed by atoms with E-state index in [2.05, 4.69) is 13.2 Å². The van der Waals surface area contributed by atoms with Crippen LogP contribution in [0.15, 0.2) is 46.4 Å². The smallest absolute Gasteiger partial charge is 0.342 e. The van der Waals surface area contributed by atoms with Crippen molar-refractivity contribution in [1.29, 1.82) is 0 Å². The van der Waals surface area contributed by atoms with Crippen molar-refractivity contribution >= 4 is 11.9 Å². The summed E-state index contributed by atoms with van der Waals surface area (Å²) in [5.74, 6) is 0.160. The lowest BCUT2D eigenvalue weighted by Crippen LogP contribution is -2.24. The standard InChI is InChI=1S/C24H30O5/c1-13(2)15-8-9-16-11-19(28-22(16)25)21(14(3)4)20-12-17(18(10-15)27-20)23(26)29-24(5,6)7/h11-12,15,19,21H,1,3,8-10H2,2,4-7H3/t15-,19-,21+/m1/s1. The lowest BCUT2D eigenvalue weighted by molar-refractivity contribution is -0.140. The Labute approximate surface area is 172 Å². The highest BCUT2D eigenvalue weighted by molar-refractivity contribution is 5.92. The van der Waals surface area contributed by atoms with Crippen molar-refractivity contribution < 1.29 is 23.5 Å². The Balaban J connectivity index is 2.11. The number of carbonyl (C=O) groups is 2. The summed E-state index contributed by atoms with van der Waals surface area (Å²) in [5, 5.41) is 0. The molecule has 2 aliphatic heterocycles. The molecule has 5 nitrogen and oxygen atoms in total. The van der Waals surface area contributed by atoms with E-state index in [1.807, 2.05) is 40.7 Å². The Morgan fingerprint density at radius 1 is 1.21 bits per heavy atom. The van der Waals surface area contributed by atoms with Gasteiger partial charge in [-0.05, 0) is 65.5 Å². The van der Waals surface area contributed by atoms with Gasteiger partial charge in [-0.3, -0.25) is 0 Å². The summed E-state index contributed by atoms with van der Waals surface area (Å²) in [6.07, 6.45) is 3.24. The maximum Gasteiger partial charge on any atom is 0.342 e. The van der Waals surface area contributed by atoms with Gasteiger partial charge in [0.25, 0.3) is 0 Å². The summed E-state index contributed by atoms with van der Waals surface area (Å²) < 4.78 is 17.4. The molecule has 1 aromatic rings. The van der Waals surface area contributed by atoms with Crippen LogP contribution in [0.2, 0.25) is 0 Å². The van der Waals surface area contributed by atoms with Crippen molar-refractivity contribution in [2.24, 2.45) is 5.92 Å². The third-order valence-corrected chi connectivity index (χ3v) is 5.37. The molecular formula is C24H30O5. The third kappa shape index (κ3) is 4.55. The quantitative estimate of drug-likeness (QED) is 0.512. The highest BCUT2D eigenvalue weighted by Crippen LogP contribution is 2.39. The third-order valence-electron chi connectivity index (χ3n) is 5.37. The Morgan fingerprint density at radius 2 is 1.90 bits per heavy atom. The second-order valence-electron chi connectivity index (χ2n) is 9.16. The Bertz CT molecular complexity index is 893. The van der Waals surface area contributed by atoms with Gasteiger partial charge in [0, 0.05) is 12.0 Å². The number of ether oxygens (including phenoxy) is 2. The highest BCUT2D eigenvalue weighted by Gasteiger charge is 2.37. The minimum absolute atomic E-state index is 0.0734. The highest BCUT2D eigenvalue weighted by atomic mass is 16.6. The van der Waals surface area contributed by atoms with E-state index in [0.29, 0.717) is 35.5 Å². The van der Waals surface area contributed by atoms with E-state index in [9.17, 15) is 9.59 Å². The first-order chi connectivity index (χ1) is 13.5. The molecule has 156 valence electrons. The van der Waals surface area contributed by atoms with E-state index in [0.717, 1.165) is 17.6 Å². The summed E-state index contributed by atoms with van der Waals surface area (Å²) in [6.45, 7) is 17.5. The Morgan fingerprint density at radius 3 is 2.48 bits per heavy atom. The minimum atomic E-state index is -0.614. The average molecular weight is 398 g/mol. The maximum absolute atomic E-state index is 12.9. The molecule has 4 bridgehead atoms. The number of fused-ring (bicyclic) bond motifs is 3. The summed E-state index contributed by atoms with van der Waals surface area (Å²) in [6, 6.07) is 1.72. The van der Waals surface area contributed by atoms with Gasteiger partial charge in [-0.25, -0.2) is 9.59 Å². The van der Waals surface area contributed by atoms with Crippen molar-refractivity contribution in [2.45, 2.75) is 71.5 Å². The molecule has 0 saturated carbocycles. The van der Waals surface area contributed by atoms with E-state index >= 15 is 0 Å². The number of furan rings is 1. The zero-order chi connectivity index (χ0) is 21.5. The van der Waals surface area contributed by atoms with Crippen molar-refractivity contribution in [3.8, 4) is 0 Å². The number of carbonyl (C=O) groups excluding carboxylic acids is 2. The van der Waals surface area contributed by atoms with Crippen LogP contribution in [0.1, 0.15) is 75.3 Å². The number of hydrogen-bond acceptors (Lipinski definition) is 5. The number of esters is 2. The molecule has 0 unspecified atom stereocenters. The van der Waals surface area contributed by atoms with Gasteiger partial charge in [0.1, 0.15) is 28.8 Å². The van der Waals surface area contributed by atoms with E-state index in [1.54, 1.807) is 6.07 Å². The molecule has 0 N–H and O–H groups in total. The predicted molar refractivity (Wildman–Crippen MR) is 111 cm³/mol. The first-order valence-electron chi connectivity index (χ1n) is 10.0. The van der Waals surface area contributed by atoms with Crippen molar-refractivity contribution in [3.05, 3.63) is 59.1 Å². The monoisotopic (exact) mass is 398 g/mol. The molecule has 3 rings (SSSR count). The van der Waals surface area contributed by atoms with Crippen LogP contribution < -0.4 is 0 Å². The lowest BCUT2D eigenvalue weighted by Gasteiger charge is -2.20. The molecule has 0 amide bonds. The average Bonchev–Trinajstić information content (AvgIpc) is 3.12. The summed E-state index contributed by atoms with van der Waals surface area (Å²) in [5.41, 5.74) is 2.27. The molecule has 0 saturated heterocycles. The second-order valence-corrected chi connectivity index (χ2v) is 9.16. The van der Waals surface area contributed by atoms with Gasteiger partial charge in [0.05, 0.1) is 5.92 Å². The van der Waals surface area contributed by atoms with E-state index < -0.39 is 17.7 Å². The van der Waals surface area contributed by atoms with Crippen molar-refractivity contribution in [3.63, 3.8) is 0 Å². The van der Waals surface area contributed by atoms with Crippen LogP contribution in [0.4, 0.5) is 0 Å². The SMILES string of the molecule is C=C(C)[C@@H]1CCC2=C[C@@H](OC2=O)[C@H](C(=C)C)c2cc(C(=O)OC(C)(C)C)c(o2)C1. The summed E-state index contributed by atoms with van der Waals surface area (Å²) in [4.78, 5) is 25.2. The summed E-state index contributed by atoms with van der Waals surface area (Å²) >= 11 is 0. The minimum Gasteiger partial charge on any atom is -0.464 e. The predicted octanol–water partition coefficient (Wildman–Crippen LogP) is 5.28. The molecule has 2 aliphatic rings. The van der Waals surface area contributed by atoms with E-state index in [1.165, 1.54) is 0 Å². The fourth-order valence-corrected chi connectivity index (χ4v) is 3.87. The molecule has 0 radical (unpaired) electrons. The normalized spacial score (nSPS) is 24.2. The molecule has 0 aromatic carbocycles. The fourth-order valence-electron chi connectivity index (χ4n) is 3.87. The molecule has 0 aliphatic carbocycles. The van der Waals surface area contributed by atoms with Gasteiger partial charge >= 0.3 is 11.9 Å². The zero-order valence-electron chi connectivity index (χ0n) is 18.0. The fraction of sp³-hybridized carbons (Fsp3) is 0.500. The first-order valence-corrected chi connectivity index (χ1v) is 10.0. The second kappa shape index (κ2) is 7.69. The Kier molecular flexibility index (Phi) is 5.61. The van der Waals surface area contributed by atoms with Gasteiger partial charge < -0.3 is 13.9 Å². The molecular weight excluding hydrogens is 368 g/mol. The van der Waals surface area contributed by atoms with Gasteiger partial charge in [0.15, 0.2) is 0 Å². The van der Waals surface area contributed by atoms with Crippen LogP contribution in [0.25, 0.3) is 0 Å². The van der Waals surface area contributed by atoms with Crippen LogP contribution in [0.5, 0.6) is 0 Å². The van der Waals surface area contributed by atoms with Crippen LogP contribution in [0.3, 0.4) is 0 Å². The number of rotatable bonds is 3. The number of hydrogen-bond donors (Lipinski definition) is 0. The molecule has 29 heavy (non-hydrogen) atoms. The van der Waals surface area contributed by atoms with Crippen LogP contribution in [-0.2, 0) is 20.7 Å². The molecule has 3 atom stereocenters. The molecule has 0 spiro atoms. The molecule has 0 fully saturated rings. The molecule has 5 heteroatoms. The van der Waals surface area contributed by atoms with E-state index in [-0.39, 0.29) is 17.8 Å². The van der Waals surface area contributed by atoms with Gasteiger partial charge in [-0.1, -0.05) is 24.3 Å². The zero-order valence-corrected chi connectivity index (χ0v) is 18.0. The van der Waals surface area contributed by atoms with Crippen LogP contribution >= 0.6 is 0 Å². The summed E-state index contributed by atoms with van der Waals surface area (Å²) in [7, 11) is 0. The molecule has 1 aromatic heterocycles. The lowest BCUT2D eigenvalue weighted by atomic mass is 9.87. The van der Waals surface area contributed by atoms with Crippen molar-refractivity contribution in [1.82, 2.24) is 0 Å². The van der Waals surface area contributed by atoms with E-state index in [4.69, 9.17) is 13.9 Å². The largest absolute Gasteiger partial charge is 0.464 e. The van der Waals surface area contributed by atoms with Crippen LogP contribution in [-0.4, -0.2) is 23.6 Å². The Hall–Kier alpha value is -2.56. The van der Waals surface area contributed by atoms with Gasteiger partial charge in [-0.2, -0.15) is 0 Å².